The average molecular weight is 404 g/mol. The van der Waals surface area contributed by atoms with E-state index in [0.717, 1.165) is 0 Å². The van der Waals surface area contributed by atoms with E-state index in [-0.39, 0.29) is 69.3 Å². The second-order valence-electron chi connectivity index (χ2n) is 4.95. The number of carboxylic acids is 1. The zero-order valence-corrected chi connectivity index (χ0v) is 17.2. The smallest absolute Gasteiger partial charge is 0.548 e. The van der Waals surface area contributed by atoms with Crippen LogP contribution in [0.5, 0.6) is 0 Å². The van der Waals surface area contributed by atoms with Gasteiger partial charge >= 0.3 is 57.6 Å². The van der Waals surface area contributed by atoms with Crippen LogP contribution in [-0.4, -0.2) is 23.9 Å². The number of benzene rings is 1. The van der Waals surface area contributed by atoms with Gasteiger partial charge in [0.05, 0.1) is 12.0 Å². The van der Waals surface area contributed by atoms with E-state index >= 15 is 0 Å². The quantitative estimate of drug-likeness (QED) is 0.512. The zero-order valence-electron chi connectivity index (χ0n) is 12.4. The summed E-state index contributed by atoms with van der Waals surface area (Å²) in [5, 5.41) is 11.0. The maximum Gasteiger partial charge on any atom is 1.00 e. The van der Waals surface area contributed by atoms with Gasteiger partial charge in [-0.25, -0.2) is 0 Å². The van der Waals surface area contributed by atoms with Gasteiger partial charge in [-0.2, -0.15) is 13.2 Å². The number of halogens is 4. The van der Waals surface area contributed by atoms with E-state index in [1.807, 2.05) is 0 Å². The van der Waals surface area contributed by atoms with Crippen molar-refractivity contribution >= 4 is 27.6 Å². The van der Waals surface area contributed by atoms with Crippen molar-refractivity contribution in [3.05, 3.63) is 34.3 Å². The van der Waals surface area contributed by atoms with Crippen LogP contribution in [0.15, 0.2) is 33.7 Å². The molecular formula is C14H14BrF3KNO2. The van der Waals surface area contributed by atoms with Crippen LogP contribution in [0.1, 0.15) is 25.8 Å². The van der Waals surface area contributed by atoms with Gasteiger partial charge < -0.3 is 9.90 Å². The number of carbonyl (C=O) groups is 1. The number of carboxylic acid groups (broad SMARTS) is 1. The molecule has 0 aliphatic heterocycles. The van der Waals surface area contributed by atoms with Crippen LogP contribution in [0.3, 0.4) is 0 Å². The van der Waals surface area contributed by atoms with E-state index < -0.39 is 23.9 Å². The fraction of sp³-hybridized carbons (Fsp3) is 0.429. The predicted molar refractivity (Wildman–Crippen MR) is 75.0 cm³/mol. The summed E-state index contributed by atoms with van der Waals surface area (Å²) in [6.07, 6.45) is -4.75. The van der Waals surface area contributed by atoms with Crippen LogP contribution in [0, 0.1) is 5.92 Å². The van der Waals surface area contributed by atoms with Gasteiger partial charge in [-0.05, 0) is 24.5 Å². The molecule has 0 saturated heterocycles. The SMILES string of the molecule is CC(C)C[C@H](N=C(c1ccc(Br)cc1)C(F)(F)F)C(=O)[O-].[K+]. The summed E-state index contributed by atoms with van der Waals surface area (Å²) in [6.45, 7) is 3.41. The molecule has 0 fully saturated rings. The fourth-order valence-electron chi connectivity index (χ4n) is 1.72. The van der Waals surface area contributed by atoms with E-state index in [2.05, 4.69) is 20.9 Å². The summed E-state index contributed by atoms with van der Waals surface area (Å²) in [6, 6.07) is 3.82. The zero-order chi connectivity index (χ0) is 16.2. The van der Waals surface area contributed by atoms with Crippen LogP contribution < -0.4 is 56.5 Å². The van der Waals surface area contributed by atoms with E-state index in [9.17, 15) is 23.1 Å². The molecule has 0 saturated carbocycles. The third kappa shape index (κ3) is 7.23. The Balaban J connectivity index is 0.00000441. The number of alkyl halides is 3. The minimum atomic E-state index is -4.74. The summed E-state index contributed by atoms with van der Waals surface area (Å²) in [7, 11) is 0. The van der Waals surface area contributed by atoms with Crippen LogP contribution in [-0.2, 0) is 4.79 Å². The van der Waals surface area contributed by atoms with E-state index in [4.69, 9.17) is 0 Å². The molecule has 0 aliphatic carbocycles. The van der Waals surface area contributed by atoms with Crippen LogP contribution >= 0.6 is 15.9 Å². The first kappa shape index (κ1) is 22.3. The summed E-state index contributed by atoms with van der Waals surface area (Å²) in [5.74, 6) is -1.72. The van der Waals surface area contributed by atoms with Gasteiger partial charge in [0.15, 0.2) is 0 Å². The molecule has 8 heteroatoms. The van der Waals surface area contributed by atoms with Crippen molar-refractivity contribution in [1.82, 2.24) is 0 Å². The molecule has 0 heterocycles. The first-order valence-electron chi connectivity index (χ1n) is 6.23. The second-order valence-corrected chi connectivity index (χ2v) is 5.86. The molecule has 22 heavy (non-hydrogen) atoms. The second kappa shape index (κ2) is 9.54. The Labute approximate surface area is 177 Å². The number of hydrogen-bond acceptors (Lipinski definition) is 3. The normalized spacial score (nSPS) is 13.7. The van der Waals surface area contributed by atoms with Gasteiger partial charge in [-0.3, -0.25) is 4.99 Å². The number of aliphatic carboxylic acids is 1. The molecule has 1 atom stereocenters. The van der Waals surface area contributed by atoms with Crippen molar-refractivity contribution in [2.24, 2.45) is 10.9 Å². The molecule has 0 aliphatic rings. The van der Waals surface area contributed by atoms with Gasteiger partial charge in [0.1, 0.15) is 5.71 Å². The number of nitrogens with zero attached hydrogens (tertiary/aromatic N) is 1. The van der Waals surface area contributed by atoms with Crippen molar-refractivity contribution in [2.45, 2.75) is 32.5 Å². The van der Waals surface area contributed by atoms with E-state index in [1.165, 1.54) is 24.3 Å². The molecule has 1 aromatic rings. The van der Waals surface area contributed by atoms with Crippen molar-refractivity contribution < 1.29 is 74.5 Å². The minimum Gasteiger partial charge on any atom is -0.548 e. The van der Waals surface area contributed by atoms with Crippen molar-refractivity contribution in [3.8, 4) is 0 Å². The molecule has 0 radical (unpaired) electrons. The van der Waals surface area contributed by atoms with Crippen LogP contribution in [0.2, 0.25) is 0 Å². The van der Waals surface area contributed by atoms with Gasteiger partial charge in [0.25, 0.3) is 0 Å². The molecule has 1 aromatic carbocycles. The van der Waals surface area contributed by atoms with Crippen molar-refractivity contribution in [3.63, 3.8) is 0 Å². The summed E-state index contributed by atoms with van der Waals surface area (Å²) in [5.41, 5.74) is -1.38. The maximum atomic E-state index is 13.1. The van der Waals surface area contributed by atoms with Crippen LogP contribution in [0.4, 0.5) is 13.2 Å². The first-order valence-corrected chi connectivity index (χ1v) is 7.02. The molecule has 0 spiro atoms. The molecule has 3 nitrogen and oxygen atoms in total. The standard InChI is InChI=1S/C14H15BrF3NO2.K/c1-8(2)7-11(13(20)21)19-12(14(16,17)18)9-3-5-10(15)6-4-9;/h3-6,8,11H,7H2,1-2H3,(H,20,21);/q;+1/p-1/t11-;/m0./s1. The number of carbonyl (C=O) groups excluding carboxylic acids is 1. The first-order chi connectivity index (χ1) is 9.61. The molecule has 0 N–H and O–H groups in total. The van der Waals surface area contributed by atoms with Gasteiger partial charge in [0, 0.05) is 10.0 Å². The Kier molecular flexibility index (Phi) is 9.65. The number of rotatable bonds is 5. The van der Waals surface area contributed by atoms with E-state index in [1.54, 1.807) is 13.8 Å². The topological polar surface area (TPSA) is 52.5 Å². The third-order valence-corrected chi connectivity index (χ3v) is 3.17. The fourth-order valence-corrected chi connectivity index (χ4v) is 1.99. The molecular weight excluding hydrogens is 390 g/mol. The van der Waals surface area contributed by atoms with Gasteiger partial charge in [-0.15, -0.1) is 0 Å². The maximum absolute atomic E-state index is 13.1. The third-order valence-electron chi connectivity index (χ3n) is 2.64. The Bertz CT molecular complexity index is 530. The van der Waals surface area contributed by atoms with E-state index in [0.29, 0.717) is 4.47 Å². The Morgan fingerprint density at radius 2 is 1.77 bits per heavy atom. The van der Waals surface area contributed by atoms with Crippen LogP contribution in [0.25, 0.3) is 0 Å². The molecule has 0 aromatic heterocycles. The molecule has 1 rings (SSSR count). The largest absolute Gasteiger partial charge is 1.00 e. The molecule has 0 unspecified atom stereocenters. The van der Waals surface area contributed by atoms with Crippen molar-refractivity contribution in [2.75, 3.05) is 0 Å². The Hall–Kier alpha value is 0.266. The Morgan fingerprint density at radius 3 is 2.14 bits per heavy atom. The van der Waals surface area contributed by atoms with Crippen molar-refractivity contribution in [1.29, 1.82) is 0 Å². The summed E-state index contributed by atoms with van der Waals surface area (Å²) < 4.78 is 40.0. The summed E-state index contributed by atoms with van der Waals surface area (Å²) >= 11 is 3.13. The van der Waals surface area contributed by atoms with Gasteiger partial charge in [-0.1, -0.05) is 41.9 Å². The number of hydrogen-bond donors (Lipinski definition) is 0. The molecule has 116 valence electrons. The summed E-state index contributed by atoms with van der Waals surface area (Å²) in [4.78, 5) is 14.4. The van der Waals surface area contributed by atoms with Gasteiger partial charge in [0.2, 0.25) is 0 Å². The monoisotopic (exact) mass is 403 g/mol. The molecule has 0 amide bonds. The molecule has 0 bridgehead atoms. The Morgan fingerprint density at radius 1 is 1.27 bits per heavy atom. The number of aliphatic imine (C=N–C) groups is 1. The average Bonchev–Trinajstić information content (AvgIpc) is 2.33. The minimum absolute atomic E-state index is 0. The predicted octanol–water partition coefficient (Wildman–Crippen LogP) is -0.0309.